The highest BCUT2D eigenvalue weighted by Gasteiger charge is 2.32. The van der Waals surface area contributed by atoms with Crippen molar-refractivity contribution in [1.29, 1.82) is 0 Å². The van der Waals surface area contributed by atoms with E-state index in [-0.39, 0.29) is 11.8 Å². The second kappa shape index (κ2) is 9.60. The van der Waals surface area contributed by atoms with E-state index in [1.807, 2.05) is 0 Å². The number of nitrogens with zero attached hydrogens (tertiary/aromatic N) is 2. The van der Waals surface area contributed by atoms with Crippen molar-refractivity contribution in [3.63, 3.8) is 0 Å². The molecule has 0 unspecified atom stereocenters. The number of anilines is 1. The Kier molecular flexibility index (Phi) is 7.19. The number of aromatic nitrogens is 1. The van der Waals surface area contributed by atoms with Gasteiger partial charge in [0, 0.05) is 12.1 Å². The number of rotatable bonds is 6. The number of carbonyl (C=O) groups is 2. The van der Waals surface area contributed by atoms with Crippen molar-refractivity contribution in [1.82, 2.24) is 9.88 Å². The van der Waals surface area contributed by atoms with Gasteiger partial charge in [-0.1, -0.05) is 49.9 Å². The average Bonchev–Trinajstić information content (AvgIpc) is 3.09. The molecule has 3 rings (SSSR count). The molecule has 8 heteroatoms. The van der Waals surface area contributed by atoms with Crippen LogP contribution in [0.1, 0.15) is 64.2 Å². The first kappa shape index (κ1) is 19.5. The SMILES string of the molecule is O=C(O)CSc1cnc(NC(=O)N(C2CCCCC2)C2CCCCC2)s1. The molecule has 2 saturated carbocycles. The van der Waals surface area contributed by atoms with E-state index in [0.29, 0.717) is 17.2 Å². The fraction of sp³-hybridized carbons (Fsp3) is 0.722. The normalized spacial score (nSPS) is 19.2. The fourth-order valence-corrected chi connectivity index (χ4v) is 5.60. The summed E-state index contributed by atoms with van der Waals surface area (Å²) in [5.41, 5.74) is 0. The molecule has 0 aliphatic heterocycles. The molecule has 2 aliphatic rings. The molecule has 0 radical (unpaired) electrons. The predicted molar refractivity (Wildman–Crippen MR) is 105 cm³/mol. The lowest BCUT2D eigenvalue weighted by Gasteiger charge is -2.41. The van der Waals surface area contributed by atoms with Crippen LogP contribution in [-0.2, 0) is 4.79 Å². The molecule has 0 spiro atoms. The number of aliphatic carboxylic acids is 1. The van der Waals surface area contributed by atoms with Crippen molar-refractivity contribution in [2.45, 2.75) is 80.5 Å². The minimum absolute atomic E-state index is 0.00581. The maximum Gasteiger partial charge on any atom is 0.324 e. The summed E-state index contributed by atoms with van der Waals surface area (Å²) in [5.74, 6) is -0.846. The van der Waals surface area contributed by atoms with E-state index >= 15 is 0 Å². The first-order valence-corrected chi connectivity index (χ1v) is 11.3. The van der Waals surface area contributed by atoms with Crippen molar-refractivity contribution < 1.29 is 14.7 Å². The first-order valence-electron chi connectivity index (χ1n) is 9.53. The van der Waals surface area contributed by atoms with Crippen LogP contribution in [0.5, 0.6) is 0 Å². The maximum atomic E-state index is 13.1. The minimum Gasteiger partial charge on any atom is -0.481 e. The Labute approximate surface area is 162 Å². The Morgan fingerprint density at radius 1 is 1.12 bits per heavy atom. The molecule has 0 aromatic carbocycles. The number of urea groups is 1. The fourth-order valence-electron chi connectivity index (χ4n) is 4.02. The average molecular weight is 398 g/mol. The zero-order valence-electron chi connectivity index (χ0n) is 15.0. The topological polar surface area (TPSA) is 82.5 Å². The Morgan fingerprint density at radius 2 is 1.69 bits per heavy atom. The molecule has 0 saturated heterocycles. The molecule has 0 bridgehead atoms. The van der Waals surface area contributed by atoms with E-state index in [9.17, 15) is 9.59 Å². The summed E-state index contributed by atoms with van der Waals surface area (Å²) in [6.07, 6.45) is 13.4. The monoisotopic (exact) mass is 397 g/mol. The van der Waals surface area contributed by atoms with Gasteiger partial charge >= 0.3 is 12.0 Å². The first-order chi connectivity index (χ1) is 12.6. The third-order valence-electron chi connectivity index (χ3n) is 5.21. The Hall–Kier alpha value is -1.28. The van der Waals surface area contributed by atoms with Gasteiger partial charge in [-0.15, -0.1) is 11.8 Å². The number of hydrogen-bond acceptors (Lipinski definition) is 5. The Bertz CT molecular complexity index is 593. The van der Waals surface area contributed by atoms with Crippen molar-refractivity contribution in [3.8, 4) is 0 Å². The van der Waals surface area contributed by atoms with Crippen LogP contribution in [0.25, 0.3) is 0 Å². The molecule has 1 aromatic heterocycles. The van der Waals surface area contributed by atoms with Gasteiger partial charge in [0.25, 0.3) is 0 Å². The smallest absolute Gasteiger partial charge is 0.324 e. The standard InChI is InChI=1S/C18H27N3O3S2/c22-15(23)12-25-16-11-19-17(26-16)20-18(24)21(13-7-3-1-4-8-13)14-9-5-2-6-10-14/h11,13-14H,1-10,12H2,(H,22,23)(H,19,20,24). The summed E-state index contributed by atoms with van der Waals surface area (Å²) in [6, 6.07) is 0.647. The molecule has 26 heavy (non-hydrogen) atoms. The van der Waals surface area contributed by atoms with E-state index in [0.717, 1.165) is 29.9 Å². The largest absolute Gasteiger partial charge is 0.481 e. The minimum atomic E-state index is -0.852. The van der Waals surface area contributed by atoms with E-state index in [2.05, 4.69) is 15.2 Å². The van der Waals surface area contributed by atoms with Crippen LogP contribution in [0.2, 0.25) is 0 Å². The number of amides is 2. The zero-order valence-corrected chi connectivity index (χ0v) is 16.6. The Morgan fingerprint density at radius 3 is 2.23 bits per heavy atom. The van der Waals surface area contributed by atoms with Crippen LogP contribution >= 0.6 is 23.1 Å². The summed E-state index contributed by atoms with van der Waals surface area (Å²) < 4.78 is 0.810. The van der Waals surface area contributed by atoms with E-state index < -0.39 is 5.97 Å². The molecule has 2 aliphatic carbocycles. The second-order valence-electron chi connectivity index (χ2n) is 7.09. The molecule has 6 nitrogen and oxygen atoms in total. The van der Waals surface area contributed by atoms with Gasteiger partial charge in [-0.2, -0.15) is 0 Å². The number of nitrogens with one attached hydrogen (secondary N) is 1. The van der Waals surface area contributed by atoms with Gasteiger partial charge in [0.05, 0.1) is 16.2 Å². The molecule has 2 fully saturated rings. The highest BCUT2D eigenvalue weighted by molar-refractivity contribution is 8.01. The lowest BCUT2D eigenvalue weighted by atomic mass is 9.89. The van der Waals surface area contributed by atoms with Crippen LogP contribution in [-0.4, -0.2) is 44.8 Å². The number of carboxylic acids is 1. The van der Waals surface area contributed by atoms with Gasteiger partial charge in [0.15, 0.2) is 5.13 Å². The molecule has 2 N–H and O–H groups in total. The molecule has 1 aromatic rings. The van der Waals surface area contributed by atoms with Crippen LogP contribution in [0.3, 0.4) is 0 Å². The van der Waals surface area contributed by atoms with Gasteiger partial charge in [0.1, 0.15) is 0 Å². The molecule has 1 heterocycles. The van der Waals surface area contributed by atoms with Crippen molar-refractivity contribution >= 4 is 40.2 Å². The summed E-state index contributed by atoms with van der Waals surface area (Å²) in [5, 5.41) is 12.3. The number of carbonyl (C=O) groups excluding carboxylic acids is 1. The van der Waals surface area contributed by atoms with Gasteiger partial charge in [-0.25, -0.2) is 9.78 Å². The molecule has 2 amide bonds. The number of carboxylic acid groups (broad SMARTS) is 1. The summed E-state index contributed by atoms with van der Waals surface area (Å²) >= 11 is 2.58. The Balaban J connectivity index is 1.65. The number of thioether (sulfide) groups is 1. The molecule has 144 valence electrons. The van der Waals surface area contributed by atoms with E-state index in [1.54, 1.807) is 6.20 Å². The van der Waals surface area contributed by atoms with E-state index in [4.69, 9.17) is 5.11 Å². The third kappa shape index (κ3) is 5.36. The van der Waals surface area contributed by atoms with Crippen molar-refractivity contribution in [3.05, 3.63) is 6.20 Å². The van der Waals surface area contributed by atoms with Gasteiger partial charge in [-0.05, 0) is 25.7 Å². The van der Waals surface area contributed by atoms with Crippen LogP contribution in [0.15, 0.2) is 10.4 Å². The summed E-state index contributed by atoms with van der Waals surface area (Å²) in [4.78, 5) is 30.1. The maximum absolute atomic E-state index is 13.1. The lowest BCUT2D eigenvalue weighted by molar-refractivity contribution is -0.133. The number of thiazole rings is 1. The van der Waals surface area contributed by atoms with E-state index in [1.165, 1.54) is 61.6 Å². The van der Waals surface area contributed by atoms with Gasteiger partial charge < -0.3 is 10.0 Å². The molecular formula is C18H27N3O3S2. The predicted octanol–water partition coefficient (Wildman–Crippen LogP) is 4.82. The van der Waals surface area contributed by atoms with Crippen LogP contribution in [0, 0.1) is 0 Å². The zero-order chi connectivity index (χ0) is 18.4. The van der Waals surface area contributed by atoms with Crippen molar-refractivity contribution in [2.24, 2.45) is 0 Å². The highest BCUT2D eigenvalue weighted by Crippen LogP contribution is 2.32. The molecule has 0 atom stereocenters. The highest BCUT2D eigenvalue weighted by atomic mass is 32.2. The summed E-state index contributed by atoms with van der Waals surface area (Å²) in [7, 11) is 0. The molecular weight excluding hydrogens is 370 g/mol. The van der Waals surface area contributed by atoms with Crippen LogP contribution < -0.4 is 5.32 Å². The van der Waals surface area contributed by atoms with Crippen molar-refractivity contribution in [2.75, 3.05) is 11.1 Å². The lowest BCUT2D eigenvalue weighted by Crippen LogP contribution is -2.50. The number of hydrogen-bond donors (Lipinski definition) is 2. The van der Waals surface area contributed by atoms with Crippen LogP contribution in [0.4, 0.5) is 9.93 Å². The second-order valence-corrected chi connectivity index (χ2v) is 9.39. The van der Waals surface area contributed by atoms with Gasteiger partial charge in [-0.3, -0.25) is 10.1 Å². The summed E-state index contributed by atoms with van der Waals surface area (Å²) in [6.45, 7) is 0. The quantitative estimate of drug-likeness (QED) is 0.673. The third-order valence-corrected chi connectivity index (χ3v) is 7.30. The van der Waals surface area contributed by atoms with Gasteiger partial charge in [0.2, 0.25) is 0 Å².